The molecule has 2 rings (SSSR count). The van der Waals surface area contributed by atoms with Crippen molar-refractivity contribution in [2.45, 2.75) is 12.8 Å². The second-order valence-corrected chi connectivity index (χ2v) is 6.68. The second-order valence-electron chi connectivity index (χ2n) is 4.85. The highest BCUT2D eigenvalue weighted by molar-refractivity contribution is 9.11. The summed E-state index contributed by atoms with van der Waals surface area (Å²) in [6.07, 6.45) is 2.05. The third-order valence-corrected chi connectivity index (χ3v) is 4.33. The summed E-state index contributed by atoms with van der Waals surface area (Å²) in [5, 5.41) is 0. The number of hydrogen-bond donors (Lipinski definition) is 0. The van der Waals surface area contributed by atoms with Crippen molar-refractivity contribution in [3.05, 3.63) is 32.7 Å². The predicted molar refractivity (Wildman–Crippen MR) is 82.3 cm³/mol. The number of piperidine rings is 1. The van der Waals surface area contributed by atoms with Gasteiger partial charge in [0.15, 0.2) is 0 Å². The largest absolute Gasteiger partial charge is 0.384 e. The van der Waals surface area contributed by atoms with Crippen LogP contribution in [-0.2, 0) is 4.74 Å². The van der Waals surface area contributed by atoms with Gasteiger partial charge in [0, 0.05) is 41.3 Å². The quantitative estimate of drug-likeness (QED) is 0.787. The maximum absolute atomic E-state index is 12.4. The molecule has 0 saturated carbocycles. The summed E-state index contributed by atoms with van der Waals surface area (Å²) in [5.74, 6) is 0.696. The Bertz CT molecular complexity index is 437. The molecule has 1 aromatic rings. The second kappa shape index (κ2) is 6.86. The predicted octanol–water partition coefficient (Wildman–Crippen LogP) is 3.71. The standard InChI is InChI=1S/C14H17Br2NO2/c1-19-9-10-2-4-17(5-3-10)14(18)11-6-12(15)8-13(16)7-11/h6-8,10H,2-5,9H2,1H3. The van der Waals surface area contributed by atoms with E-state index in [0.29, 0.717) is 5.92 Å². The van der Waals surface area contributed by atoms with Crippen molar-refractivity contribution >= 4 is 37.8 Å². The Kier molecular flexibility index (Phi) is 5.42. The number of ether oxygens (including phenoxy) is 1. The molecule has 1 aliphatic heterocycles. The zero-order valence-electron chi connectivity index (χ0n) is 10.9. The van der Waals surface area contributed by atoms with Crippen molar-refractivity contribution in [3.8, 4) is 0 Å². The molecule has 0 aliphatic carbocycles. The average Bonchev–Trinajstić information content (AvgIpc) is 2.38. The molecular weight excluding hydrogens is 374 g/mol. The first-order valence-electron chi connectivity index (χ1n) is 6.34. The van der Waals surface area contributed by atoms with Gasteiger partial charge in [-0.1, -0.05) is 31.9 Å². The summed E-state index contributed by atoms with van der Waals surface area (Å²) in [4.78, 5) is 14.4. The highest BCUT2D eigenvalue weighted by Crippen LogP contribution is 2.23. The Balaban J connectivity index is 2.01. The molecule has 1 heterocycles. The molecule has 0 spiro atoms. The molecule has 3 nitrogen and oxygen atoms in total. The van der Waals surface area contributed by atoms with Gasteiger partial charge in [-0.2, -0.15) is 0 Å². The lowest BCUT2D eigenvalue weighted by atomic mass is 9.97. The van der Waals surface area contributed by atoms with Crippen LogP contribution in [0.2, 0.25) is 0 Å². The molecule has 1 amide bonds. The lowest BCUT2D eigenvalue weighted by Crippen LogP contribution is -2.39. The number of amides is 1. The SMILES string of the molecule is COCC1CCN(C(=O)c2cc(Br)cc(Br)c2)CC1. The van der Waals surface area contributed by atoms with E-state index in [9.17, 15) is 4.79 Å². The number of carbonyl (C=O) groups is 1. The van der Waals surface area contributed by atoms with Crippen molar-refractivity contribution in [3.63, 3.8) is 0 Å². The molecule has 5 heteroatoms. The summed E-state index contributed by atoms with van der Waals surface area (Å²) in [5.41, 5.74) is 0.728. The third-order valence-electron chi connectivity index (χ3n) is 3.41. The molecule has 1 fully saturated rings. The van der Waals surface area contributed by atoms with Crippen LogP contribution in [-0.4, -0.2) is 37.6 Å². The lowest BCUT2D eigenvalue weighted by molar-refractivity contribution is 0.0613. The van der Waals surface area contributed by atoms with Gasteiger partial charge in [-0.15, -0.1) is 0 Å². The van der Waals surface area contributed by atoms with E-state index >= 15 is 0 Å². The fourth-order valence-corrected chi connectivity index (χ4v) is 3.69. The Morgan fingerprint density at radius 3 is 2.37 bits per heavy atom. The lowest BCUT2D eigenvalue weighted by Gasteiger charge is -2.31. The maximum Gasteiger partial charge on any atom is 0.253 e. The van der Waals surface area contributed by atoms with Crippen molar-refractivity contribution in [1.29, 1.82) is 0 Å². The van der Waals surface area contributed by atoms with E-state index < -0.39 is 0 Å². The van der Waals surface area contributed by atoms with Crippen molar-refractivity contribution in [2.75, 3.05) is 26.8 Å². The zero-order valence-corrected chi connectivity index (χ0v) is 14.0. The molecule has 1 saturated heterocycles. The number of methoxy groups -OCH3 is 1. The van der Waals surface area contributed by atoms with Crippen LogP contribution >= 0.6 is 31.9 Å². The van der Waals surface area contributed by atoms with E-state index in [-0.39, 0.29) is 5.91 Å². The van der Waals surface area contributed by atoms with E-state index in [1.54, 1.807) is 7.11 Å². The summed E-state index contributed by atoms with van der Waals surface area (Å²) < 4.78 is 7.01. The number of carbonyl (C=O) groups excluding carboxylic acids is 1. The van der Waals surface area contributed by atoms with Crippen LogP contribution in [0.1, 0.15) is 23.2 Å². The van der Waals surface area contributed by atoms with Crippen LogP contribution in [0.3, 0.4) is 0 Å². The van der Waals surface area contributed by atoms with E-state index in [0.717, 1.165) is 47.0 Å². The Labute approximate surface area is 130 Å². The minimum absolute atomic E-state index is 0.109. The number of benzene rings is 1. The molecule has 0 bridgehead atoms. The molecule has 1 aliphatic rings. The summed E-state index contributed by atoms with van der Waals surface area (Å²) in [7, 11) is 1.73. The number of rotatable bonds is 3. The fraction of sp³-hybridized carbons (Fsp3) is 0.500. The highest BCUT2D eigenvalue weighted by atomic mass is 79.9. The fourth-order valence-electron chi connectivity index (χ4n) is 2.40. The van der Waals surface area contributed by atoms with Crippen LogP contribution in [0.5, 0.6) is 0 Å². The van der Waals surface area contributed by atoms with Gasteiger partial charge in [-0.25, -0.2) is 0 Å². The van der Waals surface area contributed by atoms with Crippen molar-refractivity contribution in [2.24, 2.45) is 5.92 Å². The maximum atomic E-state index is 12.4. The molecule has 0 atom stereocenters. The summed E-state index contributed by atoms with van der Waals surface area (Å²) in [6.45, 7) is 2.43. The molecule has 0 N–H and O–H groups in total. The Morgan fingerprint density at radius 1 is 1.26 bits per heavy atom. The minimum atomic E-state index is 0.109. The first kappa shape index (κ1) is 15.0. The normalized spacial score (nSPS) is 16.7. The molecule has 0 aromatic heterocycles. The van der Waals surface area contributed by atoms with Gasteiger partial charge in [0.1, 0.15) is 0 Å². The van der Waals surface area contributed by atoms with E-state index in [1.807, 2.05) is 23.1 Å². The first-order valence-corrected chi connectivity index (χ1v) is 7.93. The van der Waals surface area contributed by atoms with Crippen LogP contribution in [0.4, 0.5) is 0 Å². The van der Waals surface area contributed by atoms with Crippen LogP contribution in [0.25, 0.3) is 0 Å². The van der Waals surface area contributed by atoms with E-state index in [1.165, 1.54) is 0 Å². The number of halogens is 2. The van der Waals surface area contributed by atoms with Crippen LogP contribution in [0, 0.1) is 5.92 Å². The summed E-state index contributed by atoms with van der Waals surface area (Å²) >= 11 is 6.84. The van der Waals surface area contributed by atoms with Gasteiger partial charge in [0.2, 0.25) is 0 Å². The zero-order chi connectivity index (χ0) is 13.8. The highest BCUT2D eigenvalue weighted by Gasteiger charge is 2.23. The third kappa shape index (κ3) is 4.04. The number of likely N-dealkylation sites (tertiary alicyclic amines) is 1. The van der Waals surface area contributed by atoms with Crippen molar-refractivity contribution < 1.29 is 9.53 Å². The molecule has 0 radical (unpaired) electrons. The van der Waals surface area contributed by atoms with Crippen LogP contribution < -0.4 is 0 Å². The first-order chi connectivity index (χ1) is 9.10. The Hall–Kier alpha value is -0.390. The van der Waals surface area contributed by atoms with Crippen molar-refractivity contribution in [1.82, 2.24) is 4.90 Å². The van der Waals surface area contributed by atoms with Gasteiger partial charge in [-0.05, 0) is 37.0 Å². The smallest absolute Gasteiger partial charge is 0.253 e. The number of nitrogens with zero attached hydrogens (tertiary/aromatic N) is 1. The monoisotopic (exact) mass is 389 g/mol. The molecule has 19 heavy (non-hydrogen) atoms. The summed E-state index contributed by atoms with van der Waals surface area (Å²) in [6, 6.07) is 5.67. The molecule has 1 aromatic carbocycles. The van der Waals surface area contributed by atoms with Gasteiger partial charge in [0.05, 0.1) is 0 Å². The minimum Gasteiger partial charge on any atom is -0.384 e. The van der Waals surface area contributed by atoms with Gasteiger partial charge in [-0.3, -0.25) is 4.79 Å². The molecular formula is C14H17Br2NO2. The average molecular weight is 391 g/mol. The van der Waals surface area contributed by atoms with Crippen LogP contribution in [0.15, 0.2) is 27.1 Å². The molecule has 104 valence electrons. The van der Waals surface area contributed by atoms with E-state index in [4.69, 9.17) is 4.74 Å². The Morgan fingerprint density at radius 2 is 1.84 bits per heavy atom. The van der Waals surface area contributed by atoms with Gasteiger partial charge >= 0.3 is 0 Å². The van der Waals surface area contributed by atoms with E-state index in [2.05, 4.69) is 31.9 Å². The van der Waals surface area contributed by atoms with Gasteiger partial charge in [0.25, 0.3) is 5.91 Å². The number of hydrogen-bond acceptors (Lipinski definition) is 2. The van der Waals surface area contributed by atoms with Gasteiger partial charge < -0.3 is 9.64 Å². The topological polar surface area (TPSA) is 29.5 Å². The molecule has 0 unspecified atom stereocenters.